The molecule has 1 amide bonds. The van der Waals surface area contributed by atoms with Crippen molar-refractivity contribution in [2.45, 2.75) is 26.4 Å². The molecule has 0 bridgehead atoms. The number of pyridine rings is 1. The van der Waals surface area contributed by atoms with Gasteiger partial charge in [-0.2, -0.15) is 13.2 Å². The Morgan fingerprint density at radius 2 is 1.95 bits per heavy atom. The summed E-state index contributed by atoms with van der Waals surface area (Å²) in [7, 11) is 0. The van der Waals surface area contributed by atoms with Crippen LogP contribution in [-0.2, 0) is 0 Å². The summed E-state index contributed by atoms with van der Waals surface area (Å²) in [5, 5.41) is 0. The second kappa shape index (κ2) is 5.07. The quantitative estimate of drug-likeness (QED) is 0.794. The molecule has 20 heavy (non-hydrogen) atoms. The lowest BCUT2D eigenvalue weighted by atomic mass is 9.73. The molecule has 0 radical (unpaired) electrons. The number of aromatic nitrogens is 1. The maximum Gasteiger partial charge on any atom is 0.392 e. The van der Waals surface area contributed by atoms with E-state index in [2.05, 4.69) is 4.98 Å². The molecule has 6 heteroatoms. The minimum absolute atomic E-state index is 0.0483. The fraction of sp³-hybridized carbons (Fsp3) is 0.571. The summed E-state index contributed by atoms with van der Waals surface area (Å²) < 4.78 is 38.9. The van der Waals surface area contributed by atoms with Crippen LogP contribution in [0.4, 0.5) is 13.2 Å². The zero-order chi connectivity index (χ0) is 15.0. The van der Waals surface area contributed by atoms with E-state index in [9.17, 15) is 18.0 Å². The lowest BCUT2D eigenvalue weighted by Gasteiger charge is -2.44. The molecular formula is C14H17F3N2O. The fourth-order valence-electron chi connectivity index (χ4n) is 2.81. The Labute approximate surface area is 115 Å². The van der Waals surface area contributed by atoms with Gasteiger partial charge in [0.15, 0.2) is 0 Å². The van der Waals surface area contributed by atoms with Gasteiger partial charge in [-0.05, 0) is 24.0 Å². The van der Waals surface area contributed by atoms with Crippen molar-refractivity contribution in [3.8, 4) is 0 Å². The van der Waals surface area contributed by atoms with Crippen molar-refractivity contribution in [1.29, 1.82) is 0 Å². The first-order valence-electron chi connectivity index (χ1n) is 6.48. The number of hydrogen-bond acceptors (Lipinski definition) is 2. The molecule has 0 unspecified atom stereocenters. The highest BCUT2D eigenvalue weighted by atomic mass is 19.4. The van der Waals surface area contributed by atoms with Gasteiger partial charge in [-0.1, -0.05) is 13.8 Å². The molecule has 3 nitrogen and oxygen atoms in total. The molecule has 0 spiro atoms. The Bertz CT molecular complexity index is 485. The summed E-state index contributed by atoms with van der Waals surface area (Å²) in [6.45, 7) is 3.38. The van der Waals surface area contributed by atoms with Crippen LogP contribution in [0.5, 0.6) is 0 Å². The number of nitrogens with zero attached hydrogens (tertiary/aromatic N) is 2. The van der Waals surface area contributed by atoms with Crippen LogP contribution >= 0.6 is 0 Å². The number of carbonyl (C=O) groups excluding carboxylic acids is 1. The highest BCUT2D eigenvalue weighted by Crippen LogP contribution is 2.45. The van der Waals surface area contributed by atoms with Crippen LogP contribution in [0, 0.1) is 11.3 Å². The van der Waals surface area contributed by atoms with Crippen molar-refractivity contribution in [3.63, 3.8) is 0 Å². The first-order chi connectivity index (χ1) is 9.22. The van der Waals surface area contributed by atoms with E-state index in [4.69, 9.17) is 0 Å². The highest BCUT2D eigenvalue weighted by molar-refractivity contribution is 5.94. The first kappa shape index (κ1) is 14.8. The van der Waals surface area contributed by atoms with Crippen molar-refractivity contribution in [2.75, 3.05) is 13.1 Å². The molecule has 0 aliphatic carbocycles. The third kappa shape index (κ3) is 2.94. The van der Waals surface area contributed by atoms with E-state index in [0.29, 0.717) is 5.56 Å². The average molecular weight is 286 g/mol. The second-order valence-corrected chi connectivity index (χ2v) is 5.83. The Morgan fingerprint density at radius 3 is 2.45 bits per heavy atom. The smallest absolute Gasteiger partial charge is 0.338 e. The molecule has 1 aromatic heterocycles. The molecule has 0 saturated carbocycles. The average Bonchev–Trinajstić information content (AvgIpc) is 2.36. The monoisotopic (exact) mass is 286 g/mol. The van der Waals surface area contributed by atoms with Crippen LogP contribution in [0.1, 0.15) is 30.6 Å². The minimum atomic E-state index is -4.21. The van der Waals surface area contributed by atoms with Gasteiger partial charge in [-0.15, -0.1) is 0 Å². The second-order valence-electron chi connectivity index (χ2n) is 5.83. The molecule has 110 valence electrons. The molecule has 2 rings (SSSR count). The van der Waals surface area contributed by atoms with E-state index in [-0.39, 0.29) is 25.4 Å². The number of rotatable bonds is 1. The van der Waals surface area contributed by atoms with E-state index in [0.717, 1.165) is 0 Å². The summed E-state index contributed by atoms with van der Waals surface area (Å²) in [6.07, 6.45) is -1.26. The van der Waals surface area contributed by atoms with Gasteiger partial charge in [0.2, 0.25) is 0 Å². The first-order valence-corrected chi connectivity index (χ1v) is 6.48. The number of amides is 1. The standard InChI is InChI=1S/C14H17F3N2O/c1-13(2)9-19(8-5-11(13)14(15,16)17)12(20)10-3-6-18-7-4-10/h3-4,6-7,11H,5,8-9H2,1-2H3/t11-/m1/s1. The van der Waals surface area contributed by atoms with Crippen LogP contribution in [-0.4, -0.2) is 35.1 Å². The molecule has 1 aliphatic rings. The number of likely N-dealkylation sites (tertiary alicyclic amines) is 1. The van der Waals surface area contributed by atoms with Crippen LogP contribution in [0.15, 0.2) is 24.5 Å². The summed E-state index contributed by atoms with van der Waals surface area (Å²) in [5.74, 6) is -1.60. The highest BCUT2D eigenvalue weighted by Gasteiger charge is 2.51. The lowest BCUT2D eigenvalue weighted by molar-refractivity contribution is -0.214. The van der Waals surface area contributed by atoms with Crippen molar-refractivity contribution in [2.24, 2.45) is 11.3 Å². The molecule has 1 aliphatic heterocycles. The molecule has 1 aromatic rings. The maximum absolute atomic E-state index is 13.0. The van der Waals surface area contributed by atoms with Crippen molar-refractivity contribution in [1.82, 2.24) is 9.88 Å². The van der Waals surface area contributed by atoms with E-state index in [1.807, 2.05) is 0 Å². The number of alkyl halides is 3. The van der Waals surface area contributed by atoms with Crippen molar-refractivity contribution >= 4 is 5.91 Å². The normalized spacial score (nSPS) is 22.6. The molecule has 1 atom stereocenters. The van der Waals surface area contributed by atoms with E-state index >= 15 is 0 Å². The number of carbonyl (C=O) groups is 1. The van der Waals surface area contributed by atoms with Gasteiger partial charge in [0.25, 0.3) is 5.91 Å². The minimum Gasteiger partial charge on any atom is -0.338 e. The fourth-order valence-corrected chi connectivity index (χ4v) is 2.81. The zero-order valence-electron chi connectivity index (χ0n) is 11.4. The van der Waals surface area contributed by atoms with Gasteiger partial charge in [0.1, 0.15) is 0 Å². The molecule has 0 aromatic carbocycles. The summed E-state index contributed by atoms with van der Waals surface area (Å²) in [6, 6.07) is 3.15. The maximum atomic E-state index is 13.0. The van der Waals surface area contributed by atoms with Gasteiger partial charge in [-0.3, -0.25) is 9.78 Å². The van der Waals surface area contributed by atoms with Crippen LogP contribution in [0.3, 0.4) is 0 Å². The topological polar surface area (TPSA) is 33.2 Å². The van der Waals surface area contributed by atoms with Gasteiger partial charge >= 0.3 is 6.18 Å². The third-order valence-electron chi connectivity index (χ3n) is 3.84. The molecule has 1 saturated heterocycles. The van der Waals surface area contributed by atoms with Crippen molar-refractivity contribution < 1.29 is 18.0 Å². The molecule has 2 heterocycles. The van der Waals surface area contributed by atoms with Crippen LogP contribution in [0.25, 0.3) is 0 Å². The molecular weight excluding hydrogens is 269 g/mol. The number of halogens is 3. The summed E-state index contributed by atoms with van der Waals surface area (Å²) >= 11 is 0. The number of hydrogen-bond donors (Lipinski definition) is 0. The predicted molar refractivity (Wildman–Crippen MR) is 68.1 cm³/mol. The van der Waals surface area contributed by atoms with Gasteiger partial charge in [-0.25, -0.2) is 0 Å². The summed E-state index contributed by atoms with van der Waals surface area (Å²) in [5.41, 5.74) is -0.514. The summed E-state index contributed by atoms with van der Waals surface area (Å²) in [4.78, 5) is 17.6. The van der Waals surface area contributed by atoms with Crippen molar-refractivity contribution in [3.05, 3.63) is 30.1 Å². The number of piperidine rings is 1. The van der Waals surface area contributed by atoms with Crippen LogP contribution < -0.4 is 0 Å². The Balaban J connectivity index is 2.14. The Morgan fingerprint density at radius 1 is 1.35 bits per heavy atom. The van der Waals surface area contributed by atoms with Crippen LogP contribution in [0.2, 0.25) is 0 Å². The lowest BCUT2D eigenvalue weighted by Crippen LogP contribution is -2.52. The Kier molecular flexibility index (Phi) is 3.75. The molecule has 0 N–H and O–H groups in total. The van der Waals surface area contributed by atoms with E-state index in [1.165, 1.54) is 17.3 Å². The Hall–Kier alpha value is -1.59. The molecule has 1 fully saturated rings. The largest absolute Gasteiger partial charge is 0.392 e. The zero-order valence-corrected chi connectivity index (χ0v) is 11.4. The van der Waals surface area contributed by atoms with Gasteiger partial charge < -0.3 is 4.90 Å². The SMILES string of the molecule is CC1(C)CN(C(=O)c2ccncc2)CC[C@H]1C(F)(F)F. The van der Waals surface area contributed by atoms with E-state index in [1.54, 1.807) is 26.0 Å². The van der Waals surface area contributed by atoms with E-state index < -0.39 is 17.5 Å². The van der Waals surface area contributed by atoms with Gasteiger partial charge in [0.05, 0.1) is 5.92 Å². The predicted octanol–water partition coefficient (Wildman–Crippen LogP) is 3.13. The third-order valence-corrected chi connectivity index (χ3v) is 3.84. The van der Waals surface area contributed by atoms with Gasteiger partial charge in [0, 0.05) is 31.0 Å².